The molecule has 0 bridgehead atoms. The summed E-state index contributed by atoms with van der Waals surface area (Å²) in [5, 5.41) is 0. The molecule has 3 rings (SSSR count). The second-order valence-corrected chi connectivity index (χ2v) is 6.15. The van der Waals surface area contributed by atoms with Crippen LogP contribution in [0.2, 0.25) is 0 Å². The number of rotatable bonds is 7. The summed E-state index contributed by atoms with van der Waals surface area (Å²) in [5.41, 5.74) is 3.02. The van der Waals surface area contributed by atoms with Gasteiger partial charge in [0.05, 0.1) is 20.3 Å². The Labute approximate surface area is 154 Å². The van der Waals surface area contributed by atoms with Crippen LogP contribution in [-0.2, 0) is 18.0 Å². The van der Waals surface area contributed by atoms with E-state index in [1.165, 1.54) is 0 Å². The van der Waals surface area contributed by atoms with E-state index < -0.39 is 0 Å². The number of ether oxygens (including phenoxy) is 2. The lowest BCUT2D eigenvalue weighted by atomic mass is 10.2. The van der Waals surface area contributed by atoms with Crippen LogP contribution in [0.4, 0.5) is 5.82 Å². The van der Waals surface area contributed by atoms with Crippen LogP contribution >= 0.6 is 0 Å². The molecule has 0 spiro atoms. The molecule has 26 heavy (non-hydrogen) atoms. The third-order valence-electron chi connectivity index (χ3n) is 3.96. The predicted molar refractivity (Wildman–Crippen MR) is 103 cm³/mol. The molecule has 0 atom stereocenters. The highest BCUT2D eigenvalue weighted by Gasteiger charge is 2.11. The normalized spacial score (nSPS) is 10.6. The lowest BCUT2D eigenvalue weighted by molar-refractivity contribution is 0.107. The van der Waals surface area contributed by atoms with Gasteiger partial charge in [0, 0.05) is 31.4 Å². The van der Waals surface area contributed by atoms with Crippen molar-refractivity contribution in [1.82, 2.24) is 9.97 Å². The van der Waals surface area contributed by atoms with Gasteiger partial charge in [-0.15, -0.1) is 0 Å². The Morgan fingerprint density at radius 1 is 0.962 bits per heavy atom. The summed E-state index contributed by atoms with van der Waals surface area (Å²) in [7, 11) is 5.61. The summed E-state index contributed by atoms with van der Waals surface area (Å²) in [6, 6.07) is 17.8. The highest BCUT2D eigenvalue weighted by Crippen LogP contribution is 2.22. The van der Waals surface area contributed by atoms with Gasteiger partial charge in [0.25, 0.3) is 0 Å². The van der Waals surface area contributed by atoms with Crippen molar-refractivity contribution >= 4 is 5.82 Å². The molecule has 0 amide bonds. The number of aromatic nitrogens is 2. The highest BCUT2D eigenvalue weighted by atomic mass is 16.5. The second kappa shape index (κ2) is 8.45. The van der Waals surface area contributed by atoms with Gasteiger partial charge in [0.2, 0.25) is 0 Å². The van der Waals surface area contributed by atoms with Crippen LogP contribution in [0.3, 0.4) is 0 Å². The Morgan fingerprint density at radius 3 is 2.50 bits per heavy atom. The van der Waals surface area contributed by atoms with Crippen LogP contribution in [-0.4, -0.2) is 31.2 Å². The Hall–Kier alpha value is -2.92. The molecule has 0 saturated heterocycles. The van der Waals surface area contributed by atoms with Crippen LogP contribution in [0.15, 0.2) is 60.8 Å². The van der Waals surface area contributed by atoms with E-state index in [1.807, 2.05) is 79.8 Å². The number of nitrogens with zero attached hydrogens (tertiary/aromatic N) is 3. The van der Waals surface area contributed by atoms with Gasteiger partial charge in [0.1, 0.15) is 11.6 Å². The fourth-order valence-corrected chi connectivity index (χ4v) is 2.65. The molecule has 0 N–H and O–H groups in total. The third-order valence-corrected chi connectivity index (χ3v) is 3.96. The zero-order chi connectivity index (χ0) is 18.4. The first kappa shape index (κ1) is 17.9. The van der Waals surface area contributed by atoms with Crippen LogP contribution in [0, 0.1) is 0 Å². The van der Waals surface area contributed by atoms with Gasteiger partial charge >= 0.3 is 0 Å². The Bertz CT molecular complexity index is 851. The Morgan fingerprint density at radius 2 is 1.77 bits per heavy atom. The molecule has 3 aromatic rings. The maximum absolute atomic E-state index is 5.88. The summed E-state index contributed by atoms with van der Waals surface area (Å²) in [5.74, 6) is 2.41. The molecule has 1 aromatic heterocycles. The minimum Gasteiger partial charge on any atom is -0.497 e. The van der Waals surface area contributed by atoms with E-state index >= 15 is 0 Å². The minimum absolute atomic E-state index is 0.444. The monoisotopic (exact) mass is 349 g/mol. The summed E-state index contributed by atoms with van der Waals surface area (Å²) in [4.78, 5) is 11.2. The average Bonchev–Trinajstić information content (AvgIpc) is 2.69. The maximum atomic E-state index is 5.88. The first-order valence-corrected chi connectivity index (χ1v) is 8.46. The first-order chi connectivity index (χ1) is 12.7. The van der Waals surface area contributed by atoms with Crippen LogP contribution in [0.25, 0.3) is 11.4 Å². The van der Waals surface area contributed by atoms with Crippen LogP contribution in [0.5, 0.6) is 5.75 Å². The quantitative estimate of drug-likeness (QED) is 0.647. The summed E-state index contributed by atoms with van der Waals surface area (Å²) >= 11 is 0. The van der Waals surface area contributed by atoms with Crippen molar-refractivity contribution in [3.63, 3.8) is 0 Å². The van der Waals surface area contributed by atoms with E-state index in [9.17, 15) is 0 Å². The van der Waals surface area contributed by atoms with Gasteiger partial charge < -0.3 is 14.4 Å². The van der Waals surface area contributed by atoms with Gasteiger partial charge in [0.15, 0.2) is 5.82 Å². The molecule has 5 nitrogen and oxygen atoms in total. The number of methoxy groups -OCH3 is 1. The van der Waals surface area contributed by atoms with Crippen molar-refractivity contribution < 1.29 is 9.47 Å². The Balaban J connectivity index is 1.73. The van der Waals surface area contributed by atoms with Crippen molar-refractivity contribution in [1.29, 1.82) is 0 Å². The summed E-state index contributed by atoms with van der Waals surface area (Å²) in [6.45, 7) is 0.949. The third kappa shape index (κ3) is 4.37. The SMILES string of the molecule is COc1cccc(COCc2cnc(-c3ccccc3)nc2N(C)C)c1. The van der Waals surface area contributed by atoms with E-state index in [4.69, 9.17) is 14.5 Å². The molecule has 5 heteroatoms. The smallest absolute Gasteiger partial charge is 0.161 e. The zero-order valence-corrected chi connectivity index (χ0v) is 15.3. The molecule has 0 aliphatic carbocycles. The summed E-state index contributed by atoms with van der Waals surface area (Å²) < 4.78 is 11.1. The topological polar surface area (TPSA) is 47.5 Å². The van der Waals surface area contributed by atoms with Crippen molar-refractivity contribution in [2.75, 3.05) is 26.1 Å². The van der Waals surface area contributed by atoms with E-state index in [0.717, 1.165) is 28.3 Å². The van der Waals surface area contributed by atoms with Crippen molar-refractivity contribution in [3.8, 4) is 17.1 Å². The lowest BCUT2D eigenvalue weighted by Crippen LogP contribution is -2.15. The molecule has 0 fully saturated rings. The zero-order valence-electron chi connectivity index (χ0n) is 15.3. The van der Waals surface area contributed by atoms with E-state index in [0.29, 0.717) is 19.0 Å². The predicted octanol–water partition coefficient (Wildman–Crippen LogP) is 3.94. The fourth-order valence-electron chi connectivity index (χ4n) is 2.65. The maximum Gasteiger partial charge on any atom is 0.161 e. The minimum atomic E-state index is 0.444. The van der Waals surface area contributed by atoms with Gasteiger partial charge in [-0.3, -0.25) is 0 Å². The van der Waals surface area contributed by atoms with Gasteiger partial charge in [-0.1, -0.05) is 42.5 Å². The van der Waals surface area contributed by atoms with Crippen molar-refractivity contribution in [3.05, 3.63) is 71.9 Å². The number of hydrogen-bond acceptors (Lipinski definition) is 5. The molecule has 0 radical (unpaired) electrons. The standard InChI is InChI=1S/C21H23N3O2/c1-24(2)21-18(13-22-20(23-21)17-9-5-4-6-10-17)15-26-14-16-8-7-11-19(12-16)25-3/h4-13H,14-15H2,1-3H3. The largest absolute Gasteiger partial charge is 0.497 e. The fraction of sp³-hybridized carbons (Fsp3) is 0.238. The molecule has 0 aliphatic rings. The molecule has 0 aliphatic heterocycles. The molecular weight excluding hydrogens is 326 g/mol. The first-order valence-electron chi connectivity index (χ1n) is 8.46. The van der Waals surface area contributed by atoms with Crippen molar-refractivity contribution in [2.45, 2.75) is 13.2 Å². The average molecular weight is 349 g/mol. The molecule has 2 aromatic carbocycles. The van der Waals surface area contributed by atoms with Gasteiger partial charge in [-0.2, -0.15) is 0 Å². The number of anilines is 1. The molecule has 0 saturated carbocycles. The molecule has 0 unspecified atom stereocenters. The van der Waals surface area contributed by atoms with Crippen molar-refractivity contribution in [2.24, 2.45) is 0 Å². The van der Waals surface area contributed by atoms with Gasteiger partial charge in [-0.25, -0.2) is 9.97 Å². The number of hydrogen-bond donors (Lipinski definition) is 0. The second-order valence-electron chi connectivity index (χ2n) is 6.15. The lowest BCUT2D eigenvalue weighted by Gasteiger charge is -2.17. The summed E-state index contributed by atoms with van der Waals surface area (Å²) in [6.07, 6.45) is 1.84. The Kier molecular flexibility index (Phi) is 5.81. The molecule has 134 valence electrons. The van der Waals surface area contributed by atoms with E-state index in [2.05, 4.69) is 4.98 Å². The van der Waals surface area contributed by atoms with E-state index in [1.54, 1.807) is 7.11 Å². The van der Waals surface area contributed by atoms with Gasteiger partial charge in [-0.05, 0) is 17.7 Å². The highest BCUT2D eigenvalue weighted by molar-refractivity contribution is 5.58. The number of benzene rings is 2. The van der Waals surface area contributed by atoms with Crippen LogP contribution in [0.1, 0.15) is 11.1 Å². The molecule has 1 heterocycles. The van der Waals surface area contributed by atoms with E-state index in [-0.39, 0.29) is 0 Å². The van der Waals surface area contributed by atoms with Crippen LogP contribution < -0.4 is 9.64 Å². The molecular formula is C21H23N3O2.